The van der Waals surface area contributed by atoms with Crippen LogP contribution in [0.1, 0.15) is 45.5 Å². The minimum Gasteiger partial charge on any atom is -0.364 e. The average Bonchev–Trinajstić information content (AvgIpc) is 3.49. The van der Waals surface area contributed by atoms with Crippen molar-refractivity contribution in [2.75, 3.05) is 18.0 Å². The monoisotopic (exact) mass is 512 g/mol. The first kappa shape index (κ1) is 22.5. The minimum absolute atomic E-state index is 0.101. The van der Waals surface area contributed by atoms with Crippen LogP contribution in [0.5, 0.6) is 0 Å². The summed E-state index contributed by atoms with van der Waals surface area (Å²) in [5.41, 5.74) is 2.51. The maximum absolute atomic E-state index is 13.1. The lowest BCUT2D eigenvalue weighted by Crippen LogP contribution is -2.54. The molecule has 0 radical (unpaired) electrons. The van der Waals surface area contributed by atoms with Crippen LogP contribution in [0.25, 0.3) is 0 Å². The fourth-order valence-electron chi connectivity index (χ4n) is 5.80. The van der Waals surface area contributed by atoms with Crippen molar-refractivity contribution in [3.63, 3.8) is 0 Å². The maximum Gasteiger partial charge on any atom is 0.262 e. The number of likely N-dealkylation sites (tertiary alicyclic amines) is 1. The van der Waals surface area contributed by atoms with Crippen molar-refractivity contribution in [3.05, 3.63) is 63.1 Å². The fourth-order valence-corrected chi connectivity index (χ4v) is 6.21. The molecule has 6 rings (SSSR count). The molecule has 4 amide bonds. The van der Waals surface area contributed by atoms with E-state index in [1.54, 1.807) is 18.2 Å². The molecular weight excluding hydrogens is 491 g/mol. The molecule has 3 fully saturated rings. The second-order valence-corrected chi connectivity index (χ2v) is 10.3. The number of benzene rings is 2. The number of piperazine rings is 1. The van der Waals surface area contributed by atoms with Crippen LogP contribution >= 0.6 is 23.2 Å². The molecule has 2 bridgehead atoms. The molecule has 3 atom stereocenters. The van der Waals surface area contributed by atoms with Crippen LogP contribution < -0.4 is 10.2 Å². The summed E-state index contributed by atoms with van der Waals surface area (Å²) in [6.07, 6.45) is 1.27. The first-order chi connectivity index (χ1) is 16.8. The number of imide groups is 2. The molecule has 180 valence electrons. The average molecular weight is 513 g/mol. The quantitative estimate of drug-likeness (QED) is 0.633. The molecule has 0 saturated carbocycles. The number of hydrogen-bond donors (Lipinski definition) is 1. The number of anilines is 1. The highest BCUT2D eigenvalue weighted by atomic mass is 35.5. The van der Waals surface area contributed by atoms with E-state index in [0.29, 0.717) is 39.8 Å². The Bertz CT molecular complexity index is 1300. The molecule has 4 aliphatic heterocycles. The van der Waals surface area contributed by atoms with Crippen LogP contribution in [0, 0.1) is 0 Å². The number of amides is 4. The van der Waals surface area contributed by atoms with Gasteiger partial charge in [0, 0.05) is 38.1 Å². The second-order valence-electron chi connectivity index (χ2n) is 9.53. The lowest BCUT2D eigenvalue weighted by molar-refractivity contribution is -0.136. The third-order valence-corrected chi connectivity index (χ3v) is 8.29. The van der Waals surface area contributed by atoms with Crippen LogP contribution in [-0.4, -0.2) is 64.6 Å². The Kier molecular flexibility index (Phi) is 5.36. The van der Waals surface area contributed by atoms with Gasteiger partial charge in [0.05, 0.1) is 26.9 Å². The Balaban J connectivity index is 1.17. The number of hydrogen-bond acceptors (Lipinski definition) is 6. The first-order valence-corrected chi connectivity index (χ1v) is 12.4. The van der Waals surface area contributed by atoms with Crippen molar-refractivity contribution in [2.24, 2.45) is 0 Å². The maximum atomic E-state index is 13.1. The van der Waals surface area contributed by atoms with Gasteiger partial charge < -0.3 is 4.90 Å². The van der Waals surface area contributed by atoms with Gasteiger partial charge in [-0.1, -0.05) is 35.3 Å². The topological polar surface area (TPSA) is 90.0 Å². The van der Waals surface area contributed by atoms with E-state index in [1.807, 2.05) is 18.2 Å². The third kappa shape index (κ3) is 3.63. The largest absolute Gasteiger partial charge is 0.364 e. The van der Waals surface area contributed by atoms with Gasteiger partial charge in [-0.15, -0.1) is 0 Å². The normalized spacial score (nSPS) is 26.1. The summed E-state index contributed by atoms with van der Waals surface area (Å²) < 4.78 is 0. The third-order valence-electron chi connectivity index (χ3n) is 7.48. The molecule has 10 heteroatoms. The second kappa shape index (κ2) is 8.33. The van der Waals surface area contributed by atoms with Crippen LogP contribution in [0.3, 0.4) is 0 Å². The number of nitrogens with one attached hydrogen (secondary N) is 1. The minimum atomic E-state index is -0.956. The molecule has 8 nitrogen and oxygen atoms in total. The Hall–Kier alpha value is -2.94. The predicted molar refractivity (Wildman–Crippen MR) is 130 cm³/mol. The summed E-state index contributed by atoms with van der Waals surface area (Å²) in [6, 6.07) is 10.7. The van der Waals surface area contributed by atoms with Crippen molar-refractivity contribution >= 4 is 52.5 Å². The van der Waals surface area contributed by atoms with Gasteiger partial charge in [0.1, 0.15) is 6.04 Å². The summed E-state index contributed by atoms with van der Waals surface area (Å²) in [6.45, 7) is 2.36. The van der Waals surface area contributed by atoms with Crippen molar-refractivity contribution in [1.29, 1.82) is 0 Å². The summed E-state index contributed by atoms with van der Waals surface area (Å²) in [4.78, 5) is 55.5. The van der Waals surface area contributed by atoms with E-state index in [-0.39, 0.29) is 18.7 Å². The van der Waals surface area contributed by atoms with Gasteiger partial charge >= 0.3 is 0 Å². The summed E-state index contributed by atoms with van der Waals surface area (Å²) in [5.74, 6) is -1.96. The molecule has 2 aromatic rings. The molecule has 4 heterocycles. The Morgan fingerprint density at radius 3 is 2.49 bits per heavy atom. The van der Waals surface area contributed by atoms with Crippen molar-refractivity contribution in [2.45, 2.75) is 43.9 Å². The van der Waals surface area contributed by atoms with E-state index in [0.717, 1.165) is 35.7 Å². The van der Waals surface area contributed by atoms with Crippen molar-refractivity contribution in [1.82, 2.24) is 15.1 Å². The van der Waals surface area contributed by atoms with E-state index >= 15 is 0 Å². The van der Waals surface area contributed by atoms with Gasteiger partial charge in [0.25, 0.3) is 11.8 Å². The van der Waals surface area contributed by atoms with Crippen molar-refractivity contribution < 1.29 is 19.2 Å². The zero-order chi connectivity index (χ0) is 24.4. The van der Waals surface area contributed by atoms with Crippen LogP contribution in [-0.2, 0) is 16.1 Å². The van der Waals surface area contributed by atoms with Gasteiger partial charge in [-0.05, 0) is 42.7 Å². The molecule has 2 aromatic carbocycles. The smallest absolute Gasteiger partial charge is 0.262 e. The lowest BCUT2D eigenvalue weighted by atomic mass is 10.0. The van der Waals surface area contributed by atoms with Crippen molar-refractivity contribution in [3.8, 4) is 0 Å². The van der Waals surface area contributed by atoms with Gasteiger partial charge in [0.15, 0.2) is 0 Å². The van der Waals surface area contributed by atoms with E-state index in [9.17, 15) is 19.2 Å². The van der Waals surface area contributed by atoms with Crippen LogP contribution in [0.2, 0.25) is 10.0 Å². The molecule has 1 unspecified atom stereocenters. The number of halogens is 2. The van der Waals surface area contributed by atoms with E-state index in [2.05, 4.69) is 15.1 Å². The molecule has 0 aromatic heterocycles. The predicted octanol–water partition coefficient (Wildman–Crippen LogP) is 2.86. The molecule has 4 aliphatic rings. The summed E-state index contributed by atoms with van der Waals surface area (Å²) in [7, 11) is 0. The Labute approximate surface area is 211 Å². The first-order valence-electron chi connectivity index (χ1n) is 11.6. The number of rotatable bonds is 4. The number of carbonyl (C=O) groups is 4. The lowest BCUT2D eigenvalue weighted by Gasteiger charge is -2.36. The molecule has 1 N–H and O–H groups in total. The zero-order valence-corrected chi connectivity index (χ0v) is 20.2. The van der Waals surface area contributed by atoms with Gasteiger partial charge in [0.2, 0.25) is 11.8 Å². The molecule has 0 spiro atoms. The Morgan fingerprint density at radius 2 is 1.74 bits per heavy atom. The highest BCUT2D eigenvalue weighted by molar-refractivity contribution is 6.43. The highest BCUT2D eigenvalue weighted by Gasteiger charge is 2.46. The van der Waals surface area contributed by atoms with E-state index < -0.39 is 23.8 Å². The molecular formula is C25H22Cl2N4O4. The standard InChI is InChI=1S/C25H22Cl2N4O4/c26-18-2-1-3-19(22(18)27)30-12-14-9-15(30)11-29(14)10-13-4-5-16-17(8-13)25(35)31(24(16)34)20-6-7-21(32)28-23(20)33/h1-5,8,14-15,20H,6-7,9-12H2,(H,28,32,33)/t14-,15-,20?/m1/s1. The summed E-state index contributed by atoms with van der Waals surface area (Å²) >= 11 is 12.7. The molecule has 35 heavy (non-hydrogen) atoms. The number of nitrogens with zero attached hydrogens (tertiary/aromatic N) is 3. The number of fused-ring (bicyclic) bond motifs is 3. The van der Waals surface area contributed by atoms with E-state index in [1.165, 1.54) is 0 Å². The number of carbonyl (C=O) groups excluding carboxylic acids is 4. The zero-order valence-electron chi connectivity index (χ0n) is 18.7. The fraction of sp³-hybridized carbons (Fsp3) is 0.360. The van der Waals surface area contributed by atoms with Crippen LogP contribution in [0.4, 0.5) is 5.69 Å². The highest BCUT2D eigenvalue weighted by Crippen LogP contribution is 2.40. The Morgan fingerprint density at radius 1 is 0.943 bits per heavy atom. The van der Waals surface area contributed by atoms with Gasteiger partial charge in [-0.25, -0.2) is 0 Å². The molecule has 0 aliphatic carbocycles. The van der Waals surface area contributed by atoms with Gasteiger partial charge in [-0.2, -0.15) is 0 Å². The number of piperidine rings is 1. The van der Waals surface area contributed by atoms with E-state index in [4.69, 9.17) is 23.2 Å². The van der Waals surface area contributed by atoms with Crippen LogP contribution in [0.15, 0.2) is 36.4 Å². The molecule has 3 saturated heterocycles. The SMILES string of the molecule is O=C1CCC(N2C(=O)c3ccc(CN4C[C@H]5C[C@@H]4CN5c4cccc(Cl)c4Cl)cc3C2=O)C(=O)N1. The summed E-state index contributed by atoms with van der Waals surface area (Å²) in [5, 5.41) is 3.35. The van der Waals surface area contributed by atoms with Gasteiger partial charge in [-0.3, -0.25) is 34.3 Å².